The van der Waals surface area contributed by atoms with Crippen molar-refractivity contribution in [3.8, 4) is 0 Å². The Morgan fingerprint density at radius 2 is 1.50 bits per heavy atom. The van der Waals surface area contributed by atoms with Gasteiger partial charge in [-0.2, -0.15) is 0 Å². The minimum atomic E-state index is 1.14. The van der Waals surface area contributed by atoms with Crippen molar-refractivity contribution in [1.82, 2.24) is 0 Å². The standard InChI is InChI=1S/C14H14.2C2H6/c1-3-11-9-13-7-5-6-8-14(13)10-12(11)4-2;2*1-2/h3-5,7,9-10H,1-2,6,8H2;2*1-2H3. The molecule has 98 valence electrons. The van der Waals surface area contributed by atoms with Crippen molar-refractivity contribution in [1.29, 1.82) is 0 Å². The molecule has 0 bridgehead atoms. The van der Waals surface area contributed by atoms with Gasteiger partial charge in [-0.25, -0.2) is 0 Å². The van der Waals surface area contributed by atoms with Crippen LogP contribution in [0, 0.1) is 0 Å². The molecule has 0 N–H and O–H groups in total. The van der Waals surface area contributed by atoms with Crippen LogP contribution in [0.2, 0.25) is 0 Å². The molecule has 18 heavy (non-hydrogen) atoms. The average molecular weight is 242 g/mol. The Morgan fingerprint density at radius 3 is 2.06 bits per heavy atom. The second kappa shape index (κ2) is 9.47. The minimum absolute atomic E-state index is 1.14. The molecule has 0 heteroatoms. The third-order valence-corrected chi connectivity index (χ3v) is 2.66. The highest BCUT2D eigenvalue weighted by atomic mass is 14.1. The summed E-state index contributed by atoms with van der Waals surface area (Å²) in [6, 6.07) is 4.41. The summed E-state index contributed by atoms with van der Waals surface area (Å²) in [7, 11) is 0. The molecule has 0 radical (unpaired) electrons. The molecule has 0 aromatic heterocycles. The molecular weight excluding hydrogens is 216 g/mol. The fraction of sp³-hybridized carbons (Fsp3) is 0.333. The fourth-order valence-electron chi connectivity index (χ4n) is 1.87. The molecule has 1 aromatic rings. The van der Waals surface area contributed by atoms with Crippen LogP contribution in [0.3, 0.4) is 0 Å². The van der Waals surface area contributed by atoms with Gasteiger partial charge in [0.05, 0.1) is 0 Å². The molecule has 1 aliphatic carbocycles. The maximum absolute atomic E-state index is 3.82. The van der Waals surface area contributed by atoms with Crippen molar-refractivity contribution in [2.24, 2.45) is 0 Å². The van der Waals surface area contributed by atoms with Crippen LogP contribution in [0.1, 0.15) is 56.4 Å². The van der Waals surface area contributed by atoms with E-state index in [0.29, 0.717) is 0 Å². The molecule has 1 aliphatic rings. The molecule has 0 aliphatic heterocycles. The van der Waals surface area contributed by atoms with Gasteiger partial charge in [-0.1, -0.05) is 71.2 Å². The predicted molar refractivity (Wildman–Crippen MR) is 86.7 cm³/mol. The molecule has 0 spiro atoms. The van der Waals surface area contributed by atoms with Gasteiger partial charge in [-0.3, -0.25) is 0 Å². The van der Waals surface area contributed by atoms with Crippen LogP contribution in [0.5, 0.6) is 0 Å². The summed E-state index contributed by atoms with van der Waals surface area (Å²) in [6.07, 6.45) is 10.5. The third-order valence-electron chi connectivity index (χ3n) is 2.66. The average Bonchev–Trinajstić information content (AvgIpc) is 2.49. The highest BCUT2D eigenvalue weighted by Gasteiger charge is 2.06. The summed E-state index contributed by atoms with van der Waals surface area (Å²) in [6.45, 7) is 15.6. The van der Waals surface area contributed by atoms with Gasteiger partial charge in [0.15, 0.2) is 0 Å². The van der Waals surface area contributed by atoms with Gasteiger partial charge in [0, 0.05) is 0 Å². The van der Waals surface area contributed by atoms with Gasteiger partial charge in [0.1, 0.15) is 0 Å². The van der Waals surface area contributed by atoms with Crippen molar-refractivity contribution in [2.45, 2.75) is 40.5 Å². The summed E-state index contributed by atoms with van der Waals surface area (Å²) >= 11 is 0. The van der Waals surface area contributed by atoms with Crippen molar-refractivity contribution < 1.29 is 0 Å². The lowest BCUT2D eigenvalue weighted by Gasteiger charge is -2.13. The predicted octanol–water partition coefficient (Wildman–Crippen LogP) is 5.98. The van der Waals surface area contributed by atoms with E-state index in [-0.39, 0.29) is 0 Å². The summed E-state index contributed by atoms with van der Waals surface area (Å²) in [5.41, 5.74) is 5.11. The number of hydrogen-bond acceptors (Lipinski definition) is 0. The normalized spacial score (nSPS) is 11.1. The van der Waals surface area contributed by atoms with E-state index in [1.807, 2.05) is 39.8 Å². The van der Waals surface area contributed by atoms with Gasteiger partial charge in [0.25, 0.3) is 0 Å². The number of hydrogen-bond donors (Lipinski definition) is 0. The SMILES string of the molecule is C=Cc1cc2c(cc1C=C)CCC=C2.CC.CC. The highest BCUT2D eigenvalue weighted by molar-refractivity contribution is 5.70. The largest absolute Gasteiger partial charge is 0.0984 e. The van der Waals surface area contributed by atoms with E-state index in [2.05, 4.69) is 37.4 Å². The third kappa shape index (κ3) is 4.03. The number of aryl methyl sites for hydroxylation is 1. The second-order valence-electron chi connectivity index (χ2n) is 3.53. The van der Waals surface area contributed by atoms with E-state index < -0.39 is 0 Å². The molecule has 0 unspecified atom stereocenters. The van der Waals surface area contributed by atoms with E-state index in [0.717, 1.165) is 12.8 Å². The van der Waals surface area contributed by atoms with E-state index in [1.165, 1.54) is 22.3 Å². The lowest BCUT2D eigenvalue weighted by atomic mass is 9.92. The van der Waals surface area contributed by atoms with E-state index in [9.17, 15) is 0 Å². The lowest BCUT2D eigenvalue weighted by molar-refractivity contribution is 0.984. The van der Waals surface area contributed by atoms with Crippen LogP contribution < -0.4 is 0 Å². The van der Waals surface area contributed by atoms with Crippen LogP contribution in [0.15, 0.2) is 31.4 Å². The first-order chi connectivity index (χ1) is 8.85. The van der Waals surface area contributed by atoms with Gasteiger partial charge < -0.3 is 0 Å². The van der Waals surface area contributed by atoms with Gasteiger partial charge in [-0.15, -0.1) is 0 Å². The number of rotatable bonds is 2. The summed E-state index contributed by atoms with van der Waals surface area (Å²) in [5, 5.41) is 0. The van der Waals surface area contributed by atoms with Gasteiger partial charge in [-0.05, 0) is 41.2 Å². The van der Waals surface area contributed by atoms with Crippen molar-refractivity contribution in [2.75, 3.05) is 0 Å². The van der Waals surface area contributed by atoms with Crippen LogP contribution >= 0.6 is 0 Å². The second-order valence-corrected chi connectivity index (χ2v) is 3.53. The topological polar surface area (TPSA) is 0 Å². The quantitative estimate of drug-likeness (QED) is 0.598. The first kappa shape index (κ1) is 16.4. The maximum Gasteiger partial charge on any atom is -0.0184 e. The number of fused-ring (bicyclic) bond motifs is 1. The van der Waals surface area contributed by atoms with Crippen molar-refractivity contribution in [3.63, 3.8) is 0 Å². The zero-order valence-corrected chi connectivity index (χ0v) is 12.3. The number of allylic oxidation sites excluding steroid dienone is 1. The van der Waals surface area contributed by atoms with E-state index in [1.54, 1.807) is 0 Å². The highest BCUT2D eigenvalue weighted by Crippen LogP contribution is 2.24. The molecular formula is C18H26. The van der Waals surface area contributed by atoms with Crippen LogP contribution in [0.25, 0.3) is 18.2 Å². The first-order valence-corrected chi connectivity index (χ1v) is 6.93. The molecule has 0 nitrogen and oxygen atoms in total. The molecule has 0 heterocycles. The molecule has 0 fully saturated rings. The smallest absolute Gasteiger partial charge is 0.0184 e. The Labute approximate surface area is 113 Å². The zero-order chi connectivity index (χ0) is 14.0. The Hall–Kier alpha value is -1.56. The summed E-state index contributed by atoms with van der Waals surface area (Å²) in [4.78, 5) is 0. The van der Waals surface area contributed by atoms with Crippen LogP contribution in [-0.4, -0.2) is 0 Å². The zero-order valence-electron chi connectivity index (χ0n) is 12.3. The van der Waals surface area contributed by atoms with Crippen LogP contribution in [-0.2, 0) is 6.42 Å². The molecule has 0 atom stereocenters. The Balaban J connectivity index is 0.000000659. The Kier molecular flexibility index (Phi) is 8.65. The number of benzene rings is 1. The minimum Gasteiger partial charge on any atom is -0.0984 e. The van der Waals surface area contributed by atoms with E-state index >= 15 is 0 Å². The molecule has 2 rings (SSSR count). The Morgan fingerprint density at radius 1 is 0.944 bits per heavy atom. The summed E-state index contributed by atoms with van der Waals surface area (Å²) < 4.78 is 0. The van der Waals surface area contributed by atoms with Crippen molar-refractivity contribution >= 4 is 18.2 Å². The van der Waals surface area contributed by atoms with E-state index in [4.69, 9.17) is 0 Å². The molecule has 0 saturated heterocycles. The Bertz CT molecular complexity index is 408. The molecule has 1 aromatic carbocycles. The van der Waals surface area contributed by atoms with Gasteiger partial charge >= 0.3 is 0 Å². The molecule has 0 amide bonds. The lowest BCUT2D eigenvalue weighted by Crippen LogP contribution is -1.96. The maximum atomic E-state index is 3.82. The van der Waals surface area contributed by atoms with Crippen molar-refractivity contribution in [3.05, 3.63) is 53.6 Å². The van der Waals surface area contributed by atoms with Gasteiger partial charge in [0.2, 0.25) is 0 Å². The monoisotopic (exact) mass is 242 g/mol. The van der Waals surface area contributed by atoms with Crippen LogP contribution in [0.4, 0.5) is 0 Å². The molecule has 0 saturated carbocycles. The first-order valence-electron chi connectivity index (χ1n) is 6.93. The fourth-order valence-corrected chi connectivity index (χ4v) is 1.87. The summed E-state index contributed by atoms with van der Waals surface area (Å²) in [5.74, 6) is 0.